The minimum atomic E-state index is -0.329. The highest BCUT2D eigenvalue weighted by Crippen LogP contribution is 2.38. The fraction of sp³-hybridized carbons (Fsp3) is 0. The van der Waals surface area contributed by atoms with Crippen LogP contribution in [0.15, 0.2) is 65.7 Å². The molecule has 2 heterocycles. The van der Waals surface area contributed by atoms with Gasteiger partial charge in [-0.25, -0.2) is 4.99 Å². The maximum atomic E-state index is 12.3. The van der Waals surface area contributed by atoms with Crippen molar-refractivity contribution in [2.24, 2.45) is 4.99 Å². The summed E-state index contributed by atoms with van der Waals surface area (Å²) in [4.78, 5) is 19.4. The van der Waals surface area contributed by atoms with Crippen LogP contribution in [-0.2, 0) is 0 Å². The number of rotatable bonds is 2. The molecule has 0 aliphatic carbocycles. The first kappa shape index (κ1) is 12.6. The van der Waals surface area contributed by atoms with Gasteiger partial charge in [0.05, 0.1) is 22.5 Å². The van der Waals surface area contributed by atoms with E-state index in [4.69, 9.17) is 0 Å². The number of aliphatic imine (C=N–C) groups is 1. The van der Waals surface area contributed by atoms with Gasteiger partial charge in [0, 0.05) is 5.56 Å². The molecule has 3 aromatic rings. The summed E-state index contributed by atoms with van der Waals surface area (Å²) in [6, 6.07) is 18.8. The molecule has 0 saturated carbocycles. The Kier molecular flexibility index (Phi) is 2.69. The summed E-state index contributed by atoms with van der Waals surface area (Å²) in [7, 11) is 0. The van der Waals surface area contributed by atoms with Gasteiger partial charge in [-0.15, -0.1) is 0 Å². The first-order valence-corrected chi connectivity index (χ1v) is 6.95. The SMILES string of the molecule is O=C1N=C(c2ccccc2)c2[nH]c(O)c(-c3ccccc3)c21. The van der Waals surface area contributed by atoms with E-state index in [1.54, 1.807) is 0 Å². The fourth-order valence-electron chi connectivity index (χ4n) is 2.78. The third-order valence-corrected chi connectivity index (χ3v) is 3.75. The van der Waals surface area contributed by atoms with Gasteiger partial charge in [-0.2, -0.15) is 0 Å². The van der Waals surface area contributed by atoms with Gasteiger partial charge in [-0.1, -0.05) is 60.7 Å². The van der Waals surface area contributed by atoms with Crippen LogP contribution in [0.1, 0.15) is 21.6 Å². The number of amides is 1. The molecule has 2 N–H and O–H groups in total. The molecule has 4 rings (SSSR count). The molecular formula is C18H12N2O2. The minimum absolute atomic E-state index is 0.00659. The zero-order valence-electron chi connectivity index (χ0n) is 11.6. The second-order valence-corrected chi connectivity index (χ2v) is 5.10. The molecule has 0 radical (unpaired) electrons. The first-order chi connectivity index (χ1) is 10.8. The number of aromatic nitrogens is 1. The number of hydrogen-bond acceptors (Lipinski definition) is 2. The maximum absolute atomic E-state index is 12.3. The highest BCUT2D eigenvalue weighted by atomic mass is 16.3. The van der Waals surface area contributed by atoms with Crippen LogP contribution in [-0.4, -0.2) is 21.7 Å². The first-order valence-electron chi connectivity index (χ1n) is 6.95. The van der Waals surface area contributed by atoms with E-state index >= 15 is 0 Å². The molecule has 2 aromatic carbocycles. The number of aromatic hydroxyl groups is 1. The summed E-state index contributed by atoms with van der Waals surface area (Å²) in [5.41, 5.74) is 3.72. The molecule has 4 nitrogen and oxygen atoms in total. The number of H-pyrrole nitrogens is 1. The lowest BCUT2D eigenvalue weighted by Gasteiger charge is -2.00. The Labute approximate surface area is 126 Å². The average Bonchev–Trinajstić information content (AvgIpc) is 3.06. The van der Waals surface area contributed by atoms with Gasteiger partial charge in [0.2, 0.25) is 0 Å². The van der Waals surface area contributed by atoms with Crippen LogP contribution in [0.5, 0.6) is 5.88 Å². The Hall–Kier alpha value is -3.14. The van der Waals surface area contributed by atoms with Crippen LogP contribution in [0, 0.1) is 0 Å². The van der Waals surface area contributed by atoms with E-state index in [9.17, 15) is 9.90 Å². The van der Waals surface area contributed by atoms with Crippen LogP contribution in [0.3, 0.4) is 0 Å². The van der Waals surface area contributed by atoms with E-state index in [2.05, 4.69) is 9.98 Å². The quantitative estimate of drug-likeness (QED) is 0.759. The lowest BCUT2D eigenvalue weighted by Crippen LogP contribution is -2.00. The van der Waals surface area contributed by atoms with E-state index < -0.39 is 0 Å². The molecule has 0 fully saturated rings. The molecule has 1 aromatic heterocycles. The van der Waals surface area contributed by atoms with Crippen LogP contribution in [0.4, 0.5) is 0 Å². The molecular weight excluding hydrogens is 276 g/mol. The predicted molar refractivity (Wildman–Crippen MR) is 84.3 cm³/mol. The Bertz CT molecular complexity index is 894. The summed E-state index contributed by atoms with van der Waals surface area (Å²) in [6.07, 6.45) is 0. The summed E-state index contributed by atoms with van der Waals surface area (Å²) in [5.74, 6) is -0.336. The van der Waals surface area contributed by atoms with Gasteiger partial charge >= 0.3 is 0 Å². The number of carbonyl (C=O) groups excluding carboxylic acids is 1. The van der Waals surface area contributed by atoms with Crippen molar-refractivity contribution in [3.63, 3.8) is 0 Å². The van der Waals surface area contributed by atoms with Gasteiger partial charge in [0.1, 0.15) is 0 Å². The van der Waals surface area contributed by atoms with E-state index in [0.717, 1.165) is 11.1 Å². The summed E-state index contributed by atoms with van der Waals surface area (Å²) in [6.45, 7) is 0. The molecule has 0 spiro atoms. The average molecular weight is 288 g/mol. The van der Waals surface area contributed by atoms with Gasteiger partial charge in [-0.3, -0.25) is 4.79 Å². The number of benzene rings is 2. The Morgan fingerprint density at radius 2 is 1.41 bits per heavy atom. The molecule has 22 heavy (non-hydrogen) atoms. The molecule has 106 valence electrons. The number of fused-ring (bicyclic) bond motifs is 1. The minimum Gasteiger partial charge on any atom is -0.494 e. The summed E-state index contributed by atoms with van der Waals surface area (Å²) < 4.78 is 0. The Morgan fingerprint density at radius 1 is 0.818 bits per heavy atom. The molecule has 0 unspecified atom stereocenters. The third kappa shape index (κ3) is 1.78. The van der Waals surface area contributed by atoms with Crippen LogP contribution >= 0.6 is 0 Å². The van der Waals surface area contributed by atoms with Gasteiger partial charge in [0.25, 0.3) is 5.91 Å². The van der Waals surface area contributed by atoms with Crippen LogP contribution in [0.25, 0.3) is 11.1 Å². The Morgan fingerprint density at radius 3 is 2.05 bits per heavy atom. The normalized spacial score (nSPS) is 13.1. The maximum Gasteiger partial charge on any atom is 0.280 e. The van der Waals surface area contributed by atoms with Crippen molar-refractivity contribution in [1.82, 2.24) is 4.98 Å². The van der Waals surface area contributed by atoms with Gasteiger partial charge in [-0.05, 0) is 5.56 Å². The highest BCUT2D eigenvalue weighted by molar-refractivity contribution is 6.29. The molecule has 0 bridgehead atoms. The van der Waals surface area contributed by atoms with E-state index in [-0.39, 0.29) is 11.8 Å². The number of aromatic amines is 1. The summed E-state index contributed by atoms with van der Waals surface area (Å²) >= 11 is 0. The van der Waals surface area contributed by atoms with E-state index in [0.29, 0.717) is 22.5 Å². The predicted octanol–water partition coefficient (Wildman–Crippen LogP) is 3.38. The topological polar surface area (TPSA) is 65.5 Å². The largest absolute Gasteiger partial charge is 0.494 e. The number of hydrogen-bond donors (Lipinski definition) is 2. The second kappa shape index (κ2) is 4.70. The number of nitrogens with zero attached hydrogens (tertiary/aromatic N) is 1. The van der Waals surface area contributed by atoms with Crippen molar-refractivity contribution in [2.45, 2.75) is 0 Å². The lowest BCUT2D eigenvalue weighted by molar-refractivity contribution is 0.101. The van der Waals surface area contributed by atoms with Crippen molar-refractivity contribution < 1.29 is 9.90 Å². The number of carbonyl (C=O) groups is 1. The molecule has 1 aliphatic heterocycles. The van der Waals surface area contributed by atoms with E-state index in [1.165, 1.54) is 0 Å². The van der Waals surface area contributed by atoms with Crippen molar-refractivity contribution in [2.75, 3.05) is 0 Å². The van der Waals surface area contributed by atoms with Crippen molar-refractivity contribution >= 4 is 11.6 Å². The smallest absolute Gasteiger partial charge is 0.280 e. The lowest BCUT2D eigenvalue weighted by atomic mass is 10.0. The zero-order chi connectivity index (χ0) is 15.1. The second-order valence-electron chi connectivity index (χ2n) is 5.10. The van der Waals surface area contributed by atoms with Crippen molar-refractivity contribution in [3.05, 3.63) is 77.5 Å². The number of nitrogens with one attached hydrogen (secondary N) is 1. The van der Waals surface area contributed by atoms with Crippen LogP contribution < -0.4 is 0 Å². The summed E-state index contributed by atoms with van der Waals surface area (Å²) in [5, 5.41) is 10.3. The molecule has 0 saturated heterocycles. The standard InChI is InChI=1S/C18H12N2O2/c21-17-13(11-7-3-1-4-8-11)14-16(20-17)15(19-18(14)22)12-9-5-2-6-10-12/h1-10,20-21H. The van der Waals surface area contributed by atoms with Crippen LogP contribution in [0.2, 0.25) is 0 Å². The zero-order valence-corrected chi connectivity index (χ0v) is 11.6. The van der Waals surface area contributed by atoms with Crippen molar-refractivity contribution in [3.8, 4) is 17.0 Å². The molecule has 0 atom stereocenters. The van der Waals surface area contributed by atoms with Crippen molar-refractivity contribution in [1.29, 1.82) is 0 Å². The van der Waals surface area contributed by atoms with Gasteiger partial charge in [0.15, 0.2) is 5.88 Å². The molecule has 1 aliphatic rings. The van der Waals surface area contributed by atoms with E-state index in [1.807, 2.05) is 60.7 Å². The fourth-order valence-corrected chi connectivity index (χ4v) is 2.78. The van der Waals surface area contributed by atoms with Gasteiger partial charge < -0.3 is 10.1 Å². The highest BCUT2D eigenvalue weighted by Gasteiger charge is 2.32. The molecule has 4 heteroatoms. The molecule has 1 amide bonds. The Balaban J connectivity index is 1.92. The monoisotopic (exact) mass is 288 g/mol. The third-order valence-electron chi connectivity index (χ3n) is 3.75.